The molecular weight excluding hydrogens is 308 g/mol. The molecule has 1 amide bonds. The van der Waals surface area contributed by atoms with Gasteiger partial charge in [-0.25, -0.2) is 9.97 Å². The zero-order valence-electron chi connectivity index (χ0n) is 13.0. The van der Waals surface area contributed by atoms with Gasteiger partial charge in [0.1, 0.15) is 11.5 Å². The number of thiazole rings is 1. The molecule has 1 aliphatic rings. The summed E-state index contributed by atoms with van der Waals surface area (Å²) in [5.41, 5.74) is 5.43. The van der Waals surface area contributed by atoms with Crippen molar-refractivity contribution in [2.24, 2.45) is 0 Å². The number of carbonyl (C=O) groups excluding carboxylic acids is 1. The summed E-state index contributed by atoms with van der Waals surface area (Å²) >= 11 is 1.45. The number of benzene rings is 1. The van der Waals surface area contributed by atoms with E-state index in [1.165, 1.54) is 16.9 Å². The topological polar surface area (TPSA) is 61.9 Å². The van der Waals surface area contributed by atoms with Crippen LogP contribution in [0.25, 0.3) is 11.0 Å². The SMILES string of the molecule is Cc1ccc2nc([C@H]3CCCCN3C(=O)c3cscn3)[nH]c2c1. The Kier molecular flexibility index (Phi) is 3.61. The van der Waals surface area contributed by atoms with E-state index in [9.17, 15) is 4.79 Å². The lowest BCUT2D eigenvalue weighted by Gasteiger charge is -2.34. The van der Waals surface area contributed by atoms with Crippen LogP contribution in [0.2, 0.25) is 0 Å². The molecule has 1 aromatic carbocycles. The van der Waals surface area contributed by atoms with Gasteiger partial charge in [-0.3, -0.25) is 4.79 Å². The van der Waals surface area contributed by atoms with Crippen molar-refractivity contribution < 1.29 is 4.79 Å². The van der Waals surface area contributed by atoms with Crippen LogP contribution in [0, 0.1) is 6.92 Å². The Labute approximate surface area is 138 Å². The summed E-state index contributed by atoms with van der Waals surface area (Å²) in [6.45, 7) is 2.83. The third-order valence-electron chi connectivity index (χ3n) is 4.39. The molecule has 0 unspecified atom stereocenters. The van der Waals surface area contributed by atoms with Crippen molar-refractivity contribution >= 4 is 28.3 Å². The van der Waals surface area contributed by atoms with E-state index in [0.717, 1.165) is 42.7 Å². The average Bonchev–Trinajstić information content (AvgIpc) is 3.23. The molecule has 3 aromatic rings. The third-order valence-corrected chi connectivity index (χ3v) is 4.97. The number of hydrogen-bond acceptors (Lipinski definition) is 4. The number of fused-ring (bicyclic) bond motifs is 1. The van der Waals surface area contributed by atoms with Gasteiger partial charge in [0.25, 0.3) is 5.91 Å². The van der Waals surface area contributed by atoms with Crippen LogP contribution in [0.3, 0.4) is 0 Å². The maximum Gasteiger partial charge on any atom is 0.273 e. The van der Waals surface area contributed by atoms with Crippen molar-refractivity contribution in [3.05, 3.63) is 46.2 Å². The van der Waals surface area contributed by atoms with E-state index in [0.29, 0.717) is 5.69 Å². The van der Waals surface area contributed by atoms with Crippen molar-refractivity contribution in [2.45, 2.75) is 32.2 Å². The van der Waals surface area contributed by atoms with Crippen LogP contribution in [0.1, 0.15) is 47.2 Å². The number of aromatic amines is 1. The van der Waals surface area contributed by atoms with Gasteiger partial charge in [-0.2, -0.15) is 0 Å². The number of nitrogens with one attached hydrogen (secondary N) is 1. The molecule has 1 fully saturated rings. The van der Waals surface area contributed by atoms with Gasteiger partial charge in [0.2, 0.25) is 0 Å². The predicted octanol–water partition coefficient (Wildman–Crippen LogP) is 3.70. The van der Waals surface area contributed by atoms with E-state index in [-0.39, 0.29) is 11.9 Å². The first-order valence-electron chi connectivity index (χ1n) is 7.88. The summed E-state index contributed by atoms with van der Waals surface area (Å²) in [5.74, 6) is 0.890. The van der Waals surface area contributed by atoms with E-state index < -0.39 is 0 Å². The van der Waals surface area contributed by atoms with Crippen LogP contribution >= 0.6 is 11.3 Å². The molecule has 118 valence electrons. The van der Waals surface area contributed by atoms with Crippen LogP contribution in [0.15, 0.2) is 29.1 Å². The highest BCUT2D eigenvalue weighted by Crippen LogP contribution is 2.31. The first kappa shape index (κ1) is 14.4. The molecule has 1 aliphatic heterocycles. The number of carbonyl (C=O) groups is 1. The first-order chi connectivity index (χ1) is 11.2. The number of likely N-dealkylation sites (tertiary alicyclic amines) is 1. The average molecular weight is 326 g/mol. The number of H-pyrrole nitrogens is 1. The van der Waals surface area contributed by atoms with Gasteiger partial charge in [0, 0.05) is 11.9 Å². The minimum absolute atomic E-state index is 0.00524. The Morgan fingerprint density at radius 3 is 3.13 bits per heavy atom. The van der Waals surface area contributed by atoms with Crippen LogP contribution in [-0.4, -0.2) is 32.3 Å². The highest BCUT2D eigenvalue weighted by Gasteiger charge is 2.31. The number of aryl methyl sites for hydroxylation is 1. The second kappa shape index (κ2) is 5.77. The molecule has 1 N–H and O–H groups in total. The Morgan fingerprint density at radius 2 is 2.30 bits per heavy atom. The standard InChI is InChI=1S/C17H18N4OS/c1-11-5-6-12-13(8-11)20-16(19-12)15-4-2-3-7-21(15)17(22)14-9-23-10-18-14/h5-6,8-10,15H,2-4,7H2,1H3,(H,19,20)/t15-/m1/s1. The van der Waals surface area contributed by atoms with Gasteiger partial charge in [-0.15, -0.1) is 11.3 Å². The first-order valence-corrected chi connectivity index (χ1v) is 8.82. The zero-order chi connectivity index (χ0) is 15.8. The fourth-order valence-corrected chi connectivity index (χ4v) is 3.75. The molecule has 0 spiro atoms. The maximum absolute atomic E-state index is 12.7. The van der Waals surface area contributed by atoms with Crippen molar-refractivity contribution in [1.82, 2.24) is 19.9 Å². The number of nitrogens with zero attached hydrogens (tertiary/aromatic N) is 3. The van der Waals surface area contributed by atoms with Gasteiger partial charge in [0.15, 0.2) is 0 Å². The van der Waals surface area contributed by atoms with E-state index >= 15 is 0 Å². The molecule has 5 nitrogen and oxygen atoms in total. The van der Waals surface area contributed by atoms with Crippen LogP contribution < -0.4 is 0 Å². The predicted molar refractivity (Wildman–Crippen MR) is 90.6 cm³/mol. The summed E-state index contributed by atoms with van der Waals surface area (Å²) in [6, 6.07) is 6.19. The van der Waals surface area contributed by atoms with Crippen molar-refractivity contribution in [3.63, 3.8) is 0 Å². The van der Waals surface area contributed by atoms with Crippen LogP contribution in [0.4, 0.5) is 0 Å². The number of rotatable bonds is 2. The van der Waals surface area contributed by atoms with E-state index in [1.807, 2.05) is 16.3 Å². The highest BCUT2D eigenvalue weighted by molar-refractivity contribution is 7.07. The third kappa shape index (κ3) is 2.63. The molecule has 1 atom stereocenters. The highest BCUT2D eigenvalue weighted by atomic mass is 32.1. The summed E-state index contributed by atoms with van der Waals surface area (Å²) < 4.78 is 0. The summed E-state index contributed by atoms with van der Waals surface area (Å²) in [4.78, 5) is 27.0. The van der Waals surface area contributed by atoms with Gasteiger partial charge in [0.05, 0.1) is 22.6 Å². The molecule has 3 heterocycles. The summed E-state index contributed by atoms with van der Waals surface area (Å²) in [7, 11) is 0. The fourth-order valence-electron chi connectivity index (χ4n) is 3.23. The lowest BCUT2D eigenvalue weighted by Crippen LogP contribution is -2.39. The van der Waals surface area contributed by atoms with Gasteiger partial charge in [-0.1, -0.05) is 6.07 Å². The number of aromatic nitrogens is 3. The molecule has 0 bridgehead atoms. The Balaban J connectivity index is 1.70. The van der Waals surface area contributed by atoms with Crippen molar-refractivity contribution in [1.29, 1.82) is 0 Å². The Hall–Kier alpha value is -2.21. The minimum atomic E-state index is 0.00524. The van der Waals surface area contributed by atoms with Crippen molar-refractivity contribution in [2.75, 3.05) is 6.54 Å². The molecular formula is C17H18N4OS. The minimum Gasteiger partial charge on any atom is -0.340 e. The lowest BCUT2D eigenvalue weighted by atomic mass is 10.0. The number of imidazole rings is 1. The molecule has 4 rings (SSSR count). The molecule has 0 radical (unpaired) electrons. The molecule has 23 heavy (non-hydrogen) atoms. The number of amides is 1. The van der Waals surface area contributed by atoms with Gasteiger partial charge < -0.3 is 9.88 Å². The monoisotopic (exact) mass is 326 g/mol. The number of hydrogen-bond donors (Lipinski definition) is 1. The molecule has 1 saturated heterocycles. The molecule has 0 aliphatic carbocycles. The van der Waals surface area contributed by atoms with Gasteiger partial charge >= 0.3 is 0 Å². The molecule has 0 saturated carbocycles. The summed E-state index contributed by atoms with van der Waals surface area (Å²) in [6.07, 6.45) is 3.09. The van der Waals surface area contributed by atoms with Crippen LogP contribution in [0.5, 0.6) is 0 Å². The second-order valence-electron chi connectivity index (χ2n) is 6.03. The molecule has 2 aromatic heterocycles. The Bertz CT molecular complexity index is 840. The van der Waals surface area contributed by atoms with E-state index in [4.69, 9.17) is 4.98 Å². The Morgan fingerprint density at radius 1 is 1.39 bits per heavy atom. The largest absolute Gasteiger partial charge is 0.340 e. The lowest BCUT2D eigenvalue weighted by molar-refractivity contribution is 0.0596. The second-order valence-corrected chi connectivity index (χ2v) is 6.75. The van der Waals surface area contributed by atoms with E-state index in [1.54, 1.807) is 5.51 Å². The quantitative estimate of drug-likeness (QED) is 0.781. The summed E-state index contributed by atoms with van der Waals surface area (Å²) in [5, 5.41) is 1.82. The van der Waals surface area contributed by atoms with Crippen LogP contribution in [-0.2, 0) is 0 Å². The molecule has 6 heteroatoms. The van der Waals surface area contributed by atoms with E-state index in [2.05, 4.69) is 29.0 Å². The zero-order valence-corrected chi connectivity index (χ0v) is 13.8. The van der Waals surface area contributed by atoms with Crippen molar-refractivity contribution in [3.8, 4) is 0 Å². The fraction of sp³-hybridized carbons (Fsp3) is 0.353. The normalized spacial score (nSPS) is 18.5. The van der Waals surface area contributed by atoms with Gasteiger partial charge in [-0.05, 0) is 43.9 Å². The number of piperidine rings is 1. The maximum atomic E-state index is 12.7. The smallest absolute Gasteiger partial charge is 0.273 e.